The maximum Gasteiger partial charge on any atom is 0.306 e. The molecule has 1 atom stereocenters. The summed E-state index contributed by atoms with van der Waals surface area (Å²) in [6, 6.07) is 0. The minimum atomic E-state index is -0.792. The molecule has 1 fully saturated rings. The lowest BCUT2D eigenvalue weighted by molar-refractivity contribution is -0.142. The highest BCUT2D eigenvalue weighted by Crippen LogP contribution is 2.22. The Labute approximate surface area is 113 Å². The van der Waals surface area contributed by atoms with E-state index >= 15 is 0 Å². The van der Waals surface area contributed by atoms with Crippen LogP contribution in [0.25, 0.3) is 0 Å². The number of nitrogens with zero attached hydrogens (tertiary/aromatic N) is 1. The summed E-state index contributed by atoms with van der Waals surface area (Å²) in [5, 5.41) is 16.0. The summed E-state index contributed by atoms with van der Waals surface area (Å²) in [6.45, 7) is 6.94. The minimum absolute atomic E-state index is 0.366. The topological polar surface area (TPSA) is 90.6 Å². The lowest BCUT2D eigenvalue weighted by Crippen LogP contribution is -2.47. The highest BCUT2D eigenvalue weighted by atomic mass is 32.1. The van der Waals surface area contributed by atoms with Gasteiger partial charge in [0, 0.05) is 13.0 Å². The van der Waals surface area contributed by atoms with Gasteiger partial charge in [-0.05, 0) is 36.8 Å². The average Bonchev–Trinajstić information content (AvgIpc) is 2.39. The predicted molar refractivity (Wildman–Crippen MR) is 74.7 cm³/mol. The third-order valence-electron chi connectivity index (χ3n) is 2.59. The fourth-order valence-electron chi connectivity index (χ4n) is 1.57. The van der Waals surface area contributed by atoms with Crippen molar-refractivity contribution >= 4 is 23.2 Å². The molecule has 0 amide bonds. The zero-order valence-electron chi connectivity index (χ0n) is 10.9. The van der Waals surface area contributed by atoms with Crippen molar-refractivity contribution in [2.75, 3.05) is 19.6 Å². The van der Waals surface area contributed by atoms with Gasteiger partial charge in [0.2, 0.25) is 0 Å². The molecule has 1 unspecified atom stereocenters. The summed E-state index contributed by atoms with van der Waals surface area (Å²) in [4.78, 5) is 10.7. The number of hydrogen-bond acceptors (Lipinski definition) is 6. The zero-order chi connectivity index (χ0) is 14.0. The van der Waals surface area contributed by atoms with Crippen LogP contribution in [0.3, 0.4) is 0 Å². The zero-order valence-corrected chi connectivity index (χ0v) is 11.7. The number of allylic oxidation sites excluding steroid dienone is 1. The van der Waals surface area contributed by atoms with Gasteiger partial charge in [-0.2, -0.15) is 5.53 Å². The Morgan fingerprint density at radius 1 is 1.61 bits per heavy atom. The number of rotatable bonds is 4. The fraction of sp³-hybridized carbons (Fsp3) is 0.727. The smallest absolute Gasteiger partial charge is 0.306 e. The normalized spacial score (nSPS) is 18.7. The minimum Gasteiger partial charge on any atom is -0.481 e. The number of carbonyl (C=O) groups is 1. The van der Waals surface area contributed by atoms with Crippen LogP contribution in [0.15, 0.2) is 5.70 Å². The molecule has 0 saturated carbocycles. The molecular formula is C11H22N4O2S. The second-order valence-electron chi connectivity index (χ2n) is 3.81. The first-order valence-corrected chi connectivity index (χ1v) is 6.42. The Kier molecular flexibility index (Phi) is 9.45. The molecule has 0 aliphatic carbocycles. The van der Waals surface area contributed by atoms with Crippen LogP contribution in [0.1, 0.15) is 26.7 Å². The van der Waals surface area contributed by atoms with E-state index in [2.05, 4.69) is 41.9 Å². The molecule has 0 spiro atoms. The molecule has 0 radical (unpaired) electrons. The molecule has 1 aliphatic heterocycles. The number of nitrogens with two attached hydrogens (primary N) is 1. The van der Waals surface area contributed by atoms with Gasteiger partial charge in [-0.15, -0.1) is 0 Å². The van der Waals surface area contributed by atoms with E-state index in [0.29, 0.717) is 25.1 Å². The SMILES string of the molecule is CCNCC.NNN1CCC(C(=O)O)CC1=C=S. The van der Waals surface area contributed by atoms with Gasteiger partial charge in [0.05, 0.1) is 11.6 Å². The van der Waals surface area contributed by atoms with Crippen molar-refractivity contribution in [2.24, 2.45) is 11.8 Å². The van der Waals surface area contributed by atoms with Crippen LogP contribution in [-0.4, -0.2) is 40.7 Å². The van der Waals surface area contributed by atoms with Gasteiger partial charge in [0.1, 0.15) is 0 Å². The summed E-state index contributed by atoms with van der Waals surface area (Å²) in [5.41, 5.74) is 3.07. The number of carboxylic acid groups (broad SMARTS) is 1. The van der Waals surface area contributed by atoms with Crippen molar-refractivity contribution in [1.82, 2.24) is 15.9 Å². The number of piperidine rings is 1. The van der Waals surface area contributed by atoms with Crippen LogP contribution < -0.4 is 16.7 Å². The Balaban J connectivity index is 0.000000494. The van der Waals surface area contributed by atoms with Gasteiger partial charge in [-0.25, -0.2) is 0 Å². The van der Waals surface area contributed by atoms with Gasteiger partial charge in [0.15, 0.2) is 0 Å². The predicted octanol–water partition coefficient (Wildman–Crippen LogP) is 0.260. The molecule has 5 N–H and O–H groups in total. The van der Waals surface area contributed by atoms with Crippen LogP contribution in [0.5, 0.6) is 0 Å². The Bertz CT molecular complexity index is 303. The lowest BCUT2D eigenvalue weighted by Gasteiger charge is -2.31. The third kappa shape index (κ3) is 6.09. The van der Waals surface area contributed by atoms with E-state index in [9.17, 15) is 4.79 Å². The summed E-state index contributed by atoms with van der Waals surface area (Å²) in [6.07, 6.45) is 0.961. The van der Waals surface area contributed by atoms with Gasteiger partial charge in [0.25, 0.3) is 0 Å². The van der Waals surface area contributed by atoms with E-state index in [1.165, 1.54) is 0 Å². The Morgan fingerprint density at radius 3 is 2.56 bits per heavy atom. The molecule has 1 saturated heterocycles. The molecule has 1 heterocycles. The van der Waals surface area contributed by atoms with Crippen molar-refractivity contribution in [2.45, 2.75) is 26.7 Å². The molecule has 0 aromatic heterocycles. The Hall–Kier alpha value is -0.980. The van der Waals surface area contributed by atoms with Crippen LogP contribution in [0.2, 0.25) is 0 Å². The molecule has 1 rings (SSSR count). The molecule has 0 bridgehead atoms. The van der Waals surface area contributed by atoms with E-state index in [4.69, 9.17) is 10.9 Å². The summed E-state index contributed by atoms with van der Waals surface area (Å²) < 4.78 is 0. The van der Waals surface area contributed by atoms with E-state index in [-0.39, 0.29) is 5.92 Å². The second-order valence-corrected chi connectivity index (χ2v) is 4.02. The number of carboxylic acids is 1. The number of thiocarbonyl (C=S) groups is 1. The first kappa shape index (κ1) is 17.0. The molecule has 1 aliphatic rings. The summed E-state index contributed by atoms with van der Waals surface area (Å²) in [5.74, 6) is 4.05. The van der Waals surface area contributed by atoms with Crippen LogP contribution in [0, 0.1) is 5.92 Å². The number of aliphatic carboxylic acids is 1. The van der Waals surface area contributed by atoms with Crippen molar-refractivity contribution < 1.29 is 9.90 Å². The largest absolute Gasteiger partial charge is 0.481 e. The average molecular weight is 274 g/mol. The number of hydrazine groups is 2. The van der Waals surface area contributed by atoms with Crippen molar-refractivity contribution in [3.8, 4) is 0 Å². The molecule has 104 valence electrons. The summed E-state index contributed by atoms with van der Waals surface area (Å²) >= 11 is 4.64. The van der Waals surface area contributed by atoms with Gasteiger partial charge in [-0.3, -0.25) is 15.6 Å². The van der Waals surface area contributed by atoms with E-state index in [0.717, 1.165) is 13.1 Å². The van der Waals surface area contributed by atoms with Crippen molar-refractivity contribution in [1.29, 1.82) is 0 Å². The van der Waals surface area contributed by atoms with Crippen LogP contribution in [0.4, 0.5) is 0 Å². The van der Waals surface area contributed by atoms with Gasteiger partial charge < -0.3 is 10.4 Å². The molecule has 18 heavy (non-hydrogen) atoms. The summed E-state index contributed by atoms with van der Waals surface area (Å²) in [7, 11) is 0. The van der Waals surface area contributed by atoms with Gasteiger partial charge in [-0.1, -0.05) is 13.8 Å². The Morgan fingerprint density at radius 2 is 2.22 bits per heavy atom. The molecule has 6 nitrogen and oxygen atoms in total. The molecular weight excluding hydrogens is 252 g/mol. The van der Waals surface area contributed by atoms with Crippen molar-refractivity contribution in [3.05, 3.63) is 5.70 Å². The second kappa shape index (κ2) is 9.99. The molecule has 7 heteroatoms. The van der Waals surface area contributed by atoms with Crippen LogP contribution in [-0.2, 0) is 4.79 Å². The van der Waals surface area contributed by atoms with Gasteiger partial charge >= 0.3 is 5.97 Å². The highest BCUT2D eigenvalue weighted by Gasteiger charge is 2.27. The highest BCUT2D eigenvalue weighted by molar-refractivity contribution is 7.78. The maximum absolute atomic E-state index is 10.7. The number of hydrogen-bond donors (Lipinski definition) is 4. The van der Waals surface area contributed by atoms with Crippen molar-refractivity contribution in [3.63, 3.8) is 0 Å². The van der Waals surface area contributed by atoms with E-state index in [1.807, 2.05) is 0 Å². The monoisotopic (exact) mass is 274 g/mol. The first-order valence-electron chi connectivity index (χ1n) is 6.01. The lowest BCUT2D eigenvalue weighted by atomic mass is 9.96. The van der Waals surface area contributed by atoms with E-state index < -0.39 is 5.97 Å². The number of nitrogens with one attached hydrogen (secondary N) is 2. The third-order valence-corrected chi connectivity index (χ3v) is 2.83. The van der Waals surface area contributed by atoms with E-state index in [1.54, 1.807) is 5.01 Å². The van der Waals surface area contributed by atoms with Crippen LogP contribution >= 0.6 is 12.2 Å². The maximum atomic E-state index is 10.7. The first-order chi connectivity index (χ1) is 8.60. The molecule has 0 aromatic rings. The fourth-order valence-corrected chi connectivity index (χ4v) is 1.76. The quantitative estimate of drug-likeness (QED) is 0.332. The standard InChI is InChI=1S/C7H11N3O2S.C4H11N/c8-9-10-2-1-5(7(11)12)3-6(10)4-13;1-3-5-4-2/h5,9H,1-3,8H2,(H,11,12);5H,3-4H2,1-2H3. The molecule has 0 aromatic carbocycles.